The molecular weight excluding hydrogens is 484 g/mol. The van der Waals surface area contributed by atoms with Crippen molar-refractivity contribution in [2.45, 2.75) is 63.3 Å². The molecule has 2 heterocycles. The number of hydrogen-bond acceptors (Lipinski definition) is 4. The number of likely N-dealkylation sites (N-methyl/N-ethyl adjacent to an activating group) is 1. The molecule has 1 aromatic rings. The van der Waals surface area contributed by atoms with Crippen LogP contribution in [-0.4, -0.2) is 76.2 Å². The van der Waals surface area contributed by atoms with Crippen LogP contribution in [-0.2, 0) is 15.8 Å². The van der Waals surface area contributed by atoms with E-state index in [9.17, 15) is 36.7 Å². The van der Waals surface area contributed by atoms with E-state index in [0.717, 1.165) is 17.7 Å². The molecular formula is C24H28F4N4O4. The molecule has 2 aliphatic heterocycles. The van der Waals surface area contributed by atoms with Crippen molar-refractivity contribution in [2.24, 2.45) is 5.92 Å². The van der Waals surface area contributed by atoms with Crippen molar-refractivity contribution < 1.29 is 36.7 Å². The van der Waals surface area contributed by atoms with Crippen LogP contribution in [0.5, 0.6) is 0 Å². The summed E-state index contributed by atoms with van der Waals surface area (Å²) in [5, 5.41) is 2.39. The van der Waals surface area contributed by atoms with Crippen LogP contribution in [0.1, 0.15) is 55.5 Å². The molecule has 1 unspecified atom stereocenters. The second kappa shape index (κ2) is 9.04. The first-order valence-electron chi connectivity index (χ1n) is 11.9. The standard InChI is InChI=1S/C24H28F4N4O4/c1-13(2)18(29-19(33)16-12-14(24(26,27)28)4-7-17(16)25)20(34)31-10-8-23(9-11-31)21(35)30(3)22(36)32(23)15-5-6-15/h4,7,12-13,15,18H,5-6,8-11H2,1-3H3,(H,29,33). The topological polar surface area (TPSA) is 90.0 Å². The number of carbonyl (C=O) groups is 4. The lowest BCUT2D eigenvalue weighted by atomic mass is 9.85. The van der Waals surface area contributed by atoms with Crippen molar-refractivity contribution in [3.8, 4) is 0 Å². The molecule has 1 aliphatic carbocycles. The average Bonchev–Trinajstić information content (AvgIpc) is 3.63. The predicted molar refractivity (Wildman–Crippen MR) is 119 cm³/mol. The number of rotatable bonds is 5. The molecule has 2 saturated heterocycles. The third kappa shape index (κ3) is 4.41. The number of benzene rings is 1. The Morgan fingerprint density at radius 1 is 1.11 bits per heavy atom. The first-order valence-corrected chi connectivity index (χ1v) is 11.9. The molecule has 8 nitrogen and oxygen atoms in total. The summed E-state index contributed by atoms with van der Waals surface area (Å²) in [6, 6.07) is 0.0810. The minimum atomic E-state index is -4.76. The molecule has 1 spiro atoms. The summed E-state index contributed by atoms with van der Waals surface area (Å²) < 4.78 is 53.3. The number of imide groups is 1. The molecule has 1 aromatic carbocycles. The van der Waals surface area contributed by atoms with Crippen molar-refractivity contribution >= 4 is 23.8 Å². The average molecular weight is 513 g/mol. The van der Waals surface area contributed by atoms with E-state index in [-0.39, 0.29) is 43.9 Å². The highest BCUT2D eigenvalue weighted by Crippen LogP contribution is 2.44. The van der Waals surface area contributed by atoms with Gasteiger partial charge in [-0.25, -0.2) is 9.18 Å². The SMILES string of the molecule is CC(C)C(NC(=O)c1cc(C(F)(F)F)ccc1F)C(=O)N1CCC2(CC1)C(=O)N(C)C(=O)N2C1CC1. The fourth-order valence-electron chi connectivity index (χ4n) is 5.04. The maximum atomic E-state index is 14.2. The van der Waals surface area contributed by atoms with E-state index in [4.69, 9.17) is 0 Å². The van der Waals surface area contributed by atoms with E-state index in [2.05, 4.69) is 5.32 Å². The highest BCUT2D eigenvalue weighted by molar-refractivity contribution is 6.07. The maximum absolute atomic E-state index is 14.2. The van der Waals surface area contributed by atoms with Gasteiger partial charge in [-0.15, -0.1) is 0 Å². The van der Waals surface area contributed by atoms with Gasteiger partial charge in [0.2, 0.25) is 5.91 Å². The van der Waals surface area contributed by atoms with Gasteiger partial charge >= 0.3 is 12.2 Å². The van der Waals surface area contributed by atoms with Crippen LogP contribution in [0.2, 0.25) is 0 Å². The summed E-state index contributed by atoms with van der Waals surface area (Å²) in [5.74, 6) is -3.49. The van der Waals surface area contributed by atoms with Gasteiger partial charge in [-0.2, -0.15) is 13.2 Å². The number of amides is 5. The zero-order valence-electron chi connectivity index (χ0n) is 20.2. The Bertz CT molecular complexity index is 1090. The third-order valence-electron chi connectivity index (χ3n) is 7.23. The van der Waals surface area contributed by atoms with E-state index in [0.29, 0.717) is 18.2 Å². The number of alkyl halides is 3. The third-order valence-corrected chi connectivity index (χ3v) is 7.23. The van der Waals surface area contributed by atoms with Gasteiger partial charge in [-0.1, -0.05) is 13.8 Å². The van der Waals surface area contributed by atoms with Crippen molar-refractivity contribution in [3.63, 3.8) is 0 Å². The van der Waals surface area contributed by atoms with Gasteiger partial charge in [-0.3, -0.25) is 19.3 Å². The number of piperidine rings is 1. The molecule has 0 radical (unpaired) electrons. The lowest BCUT2D eigenvalue weighted by Gasteiger charge is -2.43. The molecule has 1 N–H and O–H groups in total. The van der Waals surface area contributed by atoms with Crippen LogP contribution in [0.15, 0.2) is 18.2 Å². The molecule has 36 heavy (non-hydrogen) atoms. The van der Waals surface area contributed by atoms with Gasteiger partial charge < -0.3 is 15.1 Å². The Labute approximate surface area is 205 Å². The second-order valence-electron chi connectivity index (χ2n) is 9.99. The monoisotopic (exact) mass is 512 g/mol. The molecule has 4 rings (SSSR count). The molecule has 1 saturated carbocycles. The molecule has 5 amide bonds. The minimum absolute atomic E-state index is 0.0127. The van der Waals surface area contributed by atoms with Crippen LogP contribution in [0, 0.1) is 11.7 Å². The van der Waals surface area contributed by atoms with Crippen LogP contribution >= 0.6 is 0 Å². The normalized spacial score (nSPS) is 20.9. The largest absolute Gasteiger partial charge is 0.416 e. The van der Waals surface area contributed by atoms with E-state index in [1.807, 2.05) is 0 Å². The zero-order chi connectivity index (χ0) is 26.6. The lowest BCUT2D eigenvalue weighted by Crippen LogP contribution is -2.60. The predicted octanol–water partition coefficient (Wildman–Crippen LogP) is 3.02. The maximum Gasteiger partial charge on any atom is 0.416 e. The van der Waals surface area contributed by atoms with Crippen LogP contribution in [0.4, 0.5) is 22.4 Å². The number of hydrogen-bond donors (Lipinski definition) is 1. The van der Waals surface area contributed by atoms with Gasteiger partial charge in [-0.05, 0) is 49.8 Å². The minimum Gasteiger partial charge on any atom is -0.341 e. The smallest absolute Gasteiger partial charge is 0.341 e. The number of urea groups is 1. The first kappa shape index (κ1) is 25.9. The quantitative estimate of drug-likeness (QED) is 0.485. The fraction of sp³-hybridized carbons (Fsp3) is 0.583. The summed E-state index contributed by atoms with van der Waals surface area (Å²) >= 11 is 0. The van der Waals surface area contributed by atoms with E-state index in [1.165, 1.54) is 11.9 Å². The number of likely N-dealkylation sites (tertiary alicyclic amines) is 1. The number of nitrogens with one attached hydrogen (secondary N) is 1. The highest BCUT2D eigenvalue weighted by atomic mass is 19.4. The van der Waals surface area contributed by atoms with E-state index < -0.39 is 52.4 Å². The fourth-order valence-corrected chi connectivity index (χ4v) is 5.04. The second-order valence-corrected chi connectivity index (χ2v) is 9.99. The highest BCUT2D eigenvalue weighted by Gasteiger charge is 2.60. The van der Waals surface area contributed by atoms with Crippen molar-refractivity contribution in [1.29, 1.82) is 0 Å². The van der Waals surface area contributed by atoms with Gasteiger partial charge in [0.15, 0.2) is 0 Å². The number of nitrogens with zero attached hydrogens (tertiary/aromatic N) is 3. The van der Waals surface area contributed by atoms with Crippen molar-refractivity contribution in [3.05, 3.63) is 35.1 Å². The molecule has 12 heteroatoms. The Morgan fingerprint density at radius 2 is 1.72 bits per heavy atom. The van der Waals surface area contributed by atoms with Gasteiger partial charge in [0.1, 0.15) is 17.4 Å². The molecule has 3 aliphatic rings. The van der Waals surface area contributed by atoms with E-state index >= 15 is 0 Å². The van der Waals surface area contributed by atoms with Gasteiger partial charge in [0.05, 0.1) is 11.1 Å². The number of halogens is 4. The molecule has 3 fully saturated rings. The Balaban J connectivity index is 1.48. The Kier molecular flexibility index (Phi) is 6.50. The number of carbonyl (C=O) groups excluding carboxylic acids is 4. The molecule has 196 valence electrons. The van der Waals surface area contributed by atoms with Crippen LogP contribution in [0.3, 0.4) is 0 Å². The Morgan fingerprint density at radius 3 is 2.25 bits per heavy atom. The Hall–Kier alpha value is -3.18. The van der Waals surface area contributed by atoms with Gasteiger partial charge in [0.25, 0.3) is 11.8 Å². The summed E-state index contributed by atoms with van der Waals surface area (Å²) in [4.78, 5) is 55.9. The van der Waals surface area contributed by atoms with Crippen LogP contribution in [0.25, 0.3) is 0 Å². The van der Waals surface area contributed by atoms with Crippen molar-refractivity contribution in [2.75, 3.05) is 20.1 Å². The molecule has 0 bridgehead atoms. The molecule has 1 atom stereocenters. The van der Waals surface area contributed by atoms with Crippen molar-refractivity contribution in [1.82, 2.24) is 20.0 Å². The molecule has 0 aromatic heterocycles. The summed E-state index contributed by atoms with van der Waals surface area (Å²) in [6.07, 6.45) is -2.63. The zero-order valence-corrected chi connectivity index (χ0v) is 20.2. The lowest BCUT2D eigenvalue weighted by molar-refractivity contribution is -0.142. The first-order chi connectivity index (χ1) is 16.8. The summed E-state index contributed by atoms with van der Waals surface area (Å²) in [5.41, 5.74) is -2.98. The summed E-state index contributed by atoms with van der Waals surface area (Å²) in [6.45, 7) is 3.62. The van der Waals surface area contributed by atoms with Gasteiger partial charge in [0, 0.05) is 26.2 Å². The van der Waals surface area contributed by atoms with E-state index in [1.54, 1.807) is 18.7 Å². The summed E-state index contributed by atoms with van der Waals surface area (Å²) in [7, 11) is 1.45. The van der Waals surface area contributed by atoms with Crippen LogP contribution < -0.4 is 5.32 Å².